The lowest BCUT2D eigenvalue weighted by Gasteiger charge is -2.32. The molecule has 6 nitrogen and oxygen atoms in total. The van der Waals surface area contributed by atoms with Gasteiger partial charge in [0, 0.05) is 5.54 Å². The van der Waals surface area contributed by atoms with Gasteiger partial charge in [0.15, 0.2) is 0 Å². The van der Waals surface area contributed by atoms with Crippen LogP contribution in [0.5, 0.6) is 0 Å². The molecule has 7 heteroatoms. The van der Waals surface area contributed by atoms with E-state index in [-0.39, 0.29) is 16.3 Å². The number of nitrogen functional groups attached to an aromatic ring is 1. The molecule has 108 valence electrons. The van der Waals surface area contributed by atoms with Crippen molar-refractivity contribution in [2.75, 3.05) is 5.73 Å². The van der Waals surface area contributed by atoms with Crippen LogP contribution < -0.4 is 10.5 Å². The third-order valence-electron chi connectivity index (χ3n) is 2.34. The number of aromatic nitrogens is 2. The SMILES string of the molecule is CC(C)(C)CC(C)(C)NS(=O)(=O)c1cnc(N)nc1. The zero-order valence-corrected chi connectivity index (χ0v) is 12.9. The van der Waals surface area contributed by atoms with Crippen molar-refractivity contribution >= 4 is 16.0 Å². The molecule has 0 spiro atoms. The Bertz CT molecular complexity index is 530. The van der Waals surface area contributed by atoms with Crippen LogP contribution in [0, 0.1) is 5.41 Å². The summed E-state index contributed by atoms with van der Waals surface area (Å²) < 4.78 is 27.1. The second-order valence-corrected chi connectivity index (χ2v) is 8.19. The summed E-state index contributed by atoms with van der Waals surface area (Å²) in [5, 5.41) is 0. The van der Waals surface area contributed by atoms with E-state index in [2.05, 4.69) is 35.5 Å². The van der Waals surface area contributed by atoms with Crippen LogP contribution in [0.4, 0.5) is 5.95 Å². The molecule has 0 aromatic carbocycles. The molecule has 0 aliphatic heterocycles. The molecule has 0 amide bonds. The van der Waals surface area contributed by atoms with Gasteiger partial charge in [-0.3, -0.25) is 0 Å². The van der Waals surface area contributed by atoms with Crippen molar-refractivity contribution in [1.82, 2.24) is 14.7 Å². The summed E-state index contributed by atoms with van der Waals surface area (Å²) in [4.78, 5) is 7.41. The predicted molar refractivity (Wildman–Crippen MR) is 74.9 cm³/mol. The zero-order valence-electron chi connectivity index (χ0n) is 12.1. The minimum atomic E-state index is -3.64. The molecular weight excluding hydrogens is 264 g/mol. The van der Waals surface area contributed by atoms with Gasteiger partial charge in [0.05, 0.1) is 12.4 Å². The predicted octanol–water partition coefficient (Wildman–Crippen LogP) is 1.55. The van der Waals surface area contributed by atoms with Gasteiger partial charge in [-0.05, 0) is 25.7 Å². The molecule has 0 atom stereocenters. The van der Waals surface area contributed by atoms with E-state index in [0.29, 0.717) is 6.42 Å². The monoisotopic (exact) mass is 286 g/mol. The lowest BCUT2D eigenvalue weighted by Crippen LogP contribution is -2.45. The second kappa shape index (κ2) is 5.05. The fourth-order valence-corrected chi connectivity index (χ4v) is 3.55. The highest BCUT2D eigenvalue weighted by atomic mass is 32.2. The molecule has 0 aliphatic rings. The van der Waals surface area contributed by atoms with Crippen molar-refractivity contribution in [3.63, 3.8) is 0 Å². The van der Waals surface area contributed by atoms with Crippen molar-refractivity contribution in [3.05, 3.63) is 12.4 Å². The minimum Gasteiger partial charge on any atom is -0.368 e. The van der Waals surface area contributed by atoms with Crippen molar-refractivity contribution in [3.8, 4) is 0 Å². The van der Waals surface area contributed by atoms with E-state index < -0.39 is 15.6 Å². The largest absolute Gasteiger partial charge is 0.368 e. The van der Waals surface area contributed by atoms with Gasteiger partial charge < -0.3 is 5.73 Å². The fraction of sp³-hybridized carbons (Fsp3) is 0.667. The third-order valence-corrected chi connectivity index (χ3v) is 3.99. The van der Waals surface area contributed by atoms with Crippen LogP contribution in [-0.4, -0.2) is 23.9 Å². The summed E-state index contributed by atoms with van der Waals surface area (Å²) in [6, 6.07) is 0. The number of nitrogens with one attached hydrogen (secondary N) is 1. The number of sulfonamides is 1. The van der Waals surface area contributed by atoms with Gasteiger partial charge in [0.25, 0.3) is 0 Å². The average Bonchev–Trinajstić information content (AvgIpc) is 2.11. The Morgan fingerprint density at radius 3 is 2.05 bits per heavy atom. The summed E-state index contributed by atoms with van der Waals surface area (Å²) in [5.41, 5.74) is 4.80. The highest BCUT2D eigenvalue weighted by molar-refractivity contribution is 7.89. The van der Waals surface area contributed by atoms with E-state index in [1.54, 1.807) is 0 Å². The molecule has 0 unspecified atom stereocenters. The van der Waals surface area contributed by atoms with E-state index in [9.17, 15) is 8.42 Å². The molecule has 1 rings (SSSR count). The summed E-state index contributed by atoms with van der Waals surface area (Å²) in [7, 11) is -3.64. The molecule has 0 bridgehead atoms. The van der Waals surface area contributed by atoms with Crippen LogP contribution in [0.3, 0.4) is 0 Å². The van der Waals surface area contributed by atoms with Crippen LogP contribution in [-0.2, 0) is 10.0 Å². The summed E-state index contributed by atoms with van der Waals surface area (Å²) in [6.07, 6.45) is 3.12. The normalized spacial score (nSPS) is 13.5. The van der Waals surface area contributed by atoms with E-state index >= 15 is 0 Å². The van der Waals surface area contributed by atoms with Crippen LogP contribution in [0.1, 0.15) is 41.0 Å². The number of hydrogen-bond donors (Lipinski definition) is 2. The van der Waals surface area contributed by atoms with Crippen molar-refractivity contribution < 1.29 is 8.42 Å². The molecule has 0 saturated carbocycles. The van der Waals surface area contributed by atoms with Crippen LogP contribution in [0.15, 0.2) is 17.3 Å². The molecule has 19 heavy (non-hydrogen) atoms. The van der Waals surface area contributed by atoms with Crippen molar-refractivity contribution in [2.45, 2.75) is 51.5 Å². The molecule has 0 saturated heterocycles. The first-order chi connectivity index (χ1) is 8.41. The van der Waals surface area contributed by atoms with E-state index in [1.165, 1.54) is 12.4 Å². The molecule has 1 aromatic heterocycles. The molecule has 1 heterocycles. The Morgan fingerprint density at radius 2 is 1.63 bits per heavy atom. The fourth-order valence-electron chi connectivity index (χ4n) is 2.25. The van der Waals surface area contributed by atoms with E-state index in [1.807, 2.05) is 13.8 Å². The second-order valence-electron chi connectivity index (χ2n) is 6.50. The Balaban J connectivity index is 2.94. The molecule has 3 N–H and O–H groups in total. The number of nitrogens with two attached hydrogens (primary N) is 1. The summed E-state index contributed by atoms with van der Waals surface area (Å²) in [5.74, 6) is 0.0490. The van der Waals surface area contributed by atoms with Gasteiger partial charge in [-0.15, -0.1) is 0 Å². The Kier molecular flexibility index (Phi) is 4.21. The maximum atomic E-state index is 12.2. The van der Waals surface area contributed by atoms with Gasteiger partial charge in [0.2, 0.25) is 16.0 Å². The van der Waals surface area contributed by atoms with E-state index in [0.717, 1.165) is 0 Å². The third kappa shape index (κ3) is 5.12. The highest BCUT2D eigenvalue weighted by Crippen LogP contribution is 2.28. The first-order valence-corrected chi connectivity index (χ1v) is 7.51. The lowest BCUT2D eigenvalue weighted by atomic mass is 9.82. The van der Waals surface area contributed by atoms with Gasteiger partial charge in [-0.25, -0.2) is 23.1 Å². The number of hydrogen-bond acceptors (Lipinski definition) is 5. The zero-order chi connectivity index (χ0) is 14.9. The maximum Gasteiger partial charge on any atom is 0.244 e. The molecule has 0 radical (unpaired) electrons. The quantitative estimate of drug-likeness (QED) is 0.875. The number of anilines is 1. The topological polar surface area (TPSA) is 98.0 Å². The Hall–Kier alpha value is -1.21. The van der Waals surface area contributed by atoms with E-state index in [4.69, 9.17) is 5.73 Å². The van der Waals surface area contributed by atoms with Gasteiger partial charge >= 0.3 is 0 Å². The summed E-state index contributed by atoms with van der Waals surface area (Å²) in [6.45, 7) is 9.90. The molecular formula is C12H22N4O2S. The smallest absolute Gasteiger partial charge is 0.244 e. The molecule has 1 aromatic rings. The molecule has 0 aliphatic carbocycles. The van der Waals surface area contributed by atoms with Crippen molar-refractivity contribution in [1.29, 1.82) is 0 Å². The number of rotatable bonds is 4. The highest BCUT2D eigenvalue weighted by Gasteiger charge is 2.30. The first kappa shape index (κ1) is 15.8. The van der Waals surface area contributed by atoms with Gasteiger partial charge in [-0.2, -0.15) is 0 Å². The van der Waals surface area contributed by atoms with Crippen molar-refractivity contribution in [2.24, 2.45) is 5.41 Å². The Morgan fingerprint density at radius 1 is 1.16 bits per heavy atom. The first-order valence-electron chi connectivity index (χ1n) is 6.03. The van der Waals surface area contributed by atoms with Crippen LogP contribution in [0.25, 0.3) is 0 Å². The van der Waals surface area contributed by atoms with Gasteiger partial charge in [-0.1, -0.05) is 20.8 Å². The minimum absolute atomic E-state index is 0.0173. The van der Waals surface area contributed by atoms with Crippen LogP contribution >= 0.6 is 0 Å². The standard InChI is InChI=1S/C12H22N4O2S/c1-11(2,3)8-12(4,5)16-19(17,18)9-6-14-10(13)15-7-9/h6-7,16H,8H2,1-5H3,(H2,13,14,15). The lowest BCUT2D eigenvalue weighted by molar-refractivity contribution is 0.269. The Labute approximate surface area is 114 Å². The van der Waals surface area contributed by atoms with Crippen LogP contribution in [0.2, 0.25) is 0 Å². The molecule has 0 fully saturated rings. The average molecular weight is 286 g/mol. The maximum absolute atomic E-state index is 12.2. The van der Waals surface area contributed by atoms with Gasteiger partial charge in [0.1, 0.15) is 4.90 Å². The summed E-state index contributed by atoms with van der Waals surface area (Å²) >= 11 is 0. The number of nitrogens with zero attached hydrogens (tertiary/aromatic N) is 2.